The molecule has 0 aromatic heterocycles. The van der Waals surface area contributed by atoms with Gasteiger partial charge >= 0.3 is 111 Å². The first-order valence-electron chi connectivity index (χ1n) is 7.49. The van der Waals surface area contributed by atoms with E-state index in [9.17, 15) is 0 Å². The molecule has 0 aliphatic heterocycles. The van der Waals surface area contributed by atoms with Crippen LogP contribution in [0.25, 0.3) is 0 Å². The van der Waals surface area contributed by atoms with Crippen LogP contribution in [0.5, 0.6) is 0 Å². The summed E-state index contributed by atoms with van der Waals surface area (Å²) >= 11 is -1.43. The van der Waals surface area contributed by atoms with E-state index in [0.717, 1.165) is 5.21 Å². The van der Waals surface area contributed by atoms with E-state index in [1.165, 1.54) is 64.2 Å². The van der Waals surface area contributed by atoms with Crippen LogP contribution in [-0.2, 0) is 7.45 Å². The van der Waals surface area contributed by atoms with Crippen molar-refractivity contribution in [3.8, 4) is 0 Å². The summed E-state index contributed by atoms with van der Waals surface area (Å²) < 4.78 is 12.5. The molecule has 2 fully saturated rings. The van der Waals surface area contributed by atoms with Crippen LogP contribution in [0.15, 0.2) is 0 Å². The van der Waals surface area contributed by atoms with Gasteiger partial charge in [0.15, 0.2) is 0 Å². The fraction of sp³-hybridized carbons (Fsp3) is 1.00. The Bertz CT molecular complexity index is 178. The SMILES string of the molecule is CC[As](OC1CCCCC1)OC1CCCCC1. The molecule has 0 heterocycles. The third kappa shape index (κ3) is 4.93. The molecule has 2 nitrogen and oxygen atoms in total. The van der Waals surface area contributed by atoms with Crippen molar-refractivity contribution in [2.75, 3.05) is 0 Å². The van der Waals surface area contributed by atoms with Gasteiger partial charge in [0.05, 0.1) is 0 Å². The normalized spacial score (nSPS) is 24.4. The second kappa shape index (κ2) is 7.81. The molecule has 2 aliphatic carbocycles. The molecule has 2 saturated carbocycles. The molecule has 2 rings (SSSR count). The van der Waals surface area contributed by atoms with Crippen molar-refractivity contribution in [3.63, 3.8) is 0 Å². The van der Waals surface area contributed by atoms with Gasteiger partial charge in [-0.05, 0) is 0 Å². The van der Waals surface area contributed by atoms with Crippen LogP contribution in [0, 0.1) is 0 Å². The summed E-state index contributed by atoms with van der Waals surface area (Å²) in [5, 5.41) is 1.14. The quantitative estimate of drug-likeness (QED) is 0.709. The zero-order valence-corrected chi connectivity index (χ0v) is 13.1. The van der Waals surface area contributed by atoms with E-state index in [0.29, 0.717) is 12.2 Å². The third-order valence-electron chi connectivity index (χ3n) is 3.90. The fourth-order valence-corrected chi connectivity index (χ4v) is 5.86. The standard InChI is InChI=1S/C14H27AsO2/c1-2-15(16-13-9-5-3-6-10-13)17-14-11-7-4-8-12-14/h13-14H,2-12H2,1H3. The predicted octanol–water partition coefficient (Wildman–Crippen LogP) is 4.19. The summed E-state index contributed by atoms with van der Waals surface area (Å²) in [7, 11) is 0. The molecule has 100 valence electrons. The average molecular weight is 302 g/mol. The summed E-state index contributed by atoms with van der Waals surface area (Å²) in [6.07, 6.45) is 14.4. The first-order valence-corrected chi connectivity index (χ1v) is 10.4. The van der Waals surface area contributed by atoms with Crippen LogP contribution in [0.3, 0.4) is 0 Å². The van der Waals surface area contributed by atoms with Crippen molar-refractivity contribution < 1.29 is 7.45 Å². The fourth-order valence-electron chi connectivity index (χ4n) is 2.85. The van der Waals surface area contributed by atoms with Crippen LogP contribution < -0.4 is 0 Å². The molecule has 0 aromatic carbocycles. The van der Waals surface area contributed by atoms with Crippen LogP contribution in [0.2, 0.25) is 5.21 Å². The molecule has 0 spiro atoms. The Morgan fingerprint density at radius 3 is 1.53 bits per heavy atom. The molecule has 2 aliphatic rings. The second-order valence-electron chi connectivity index (χ2n) is 5.38. The van der Waals surface area contributed by atoms with Gasteiger partial charge in [0, 0.05) is 0 Å². The Morgan fingerprint density at radius 1 is 0.765 bits per heavy atom. The molecular weight excluding hydrogens is 275 g/mol. The Morgan fingerprint density at radius 2 is 1.18 bits per heavy atom. The second-order valence-corrected chi connectivity index (χ2v) is 8.99. The number of rotatable bonds is 5. The minimum atomic E-state index is -1.43. The first kappa shape index (κ1) is 13.9. The molecule has 0 aromatic rings. The van der Waals surface area contributed by atoms with Gasteiger partial charge in [0.1, 0.15) is 0 Å². The maximum absolute atomic E-state index is 6.27. The molecule has 0 bridgehead atoms. The van der Waals surface area contributed by atoms with Gasteiger partial charge in [-0.3, -0.25) is 0 Å². The molecule has 0 radical (unpaired) electrons. The van der Waals surface area contributed by atoms with Crippen LogP contribution in [0.4, 0.5) is 0 Å². The van der Waals surface area contributed by atoms with Crippen molar-refractivity contribution in [1.82, 2.24) is 0 Å². The molecule has 3 heteroatoms. The number of hydrogen-bond acceptors (Lipinski definition) is 2. The molecule has 0 unspecified atom stereocenters. The summed E-state index contributed by atoms with van der Waals surface area (Å²) in [4.78, 5) is 0. The van der Waals surface area contributed by atoms with Crippen molar-refractivity contribution in [2.45, 2.75) is 88.5 Å². The van der Waals surface area contributed by atoms with Crippen molar-refractivity contribution in [3.05, 3.63) is 0 Å². The molecule has 0 amide bonds. The van der Waals surface area contributed by atoms with E-state index in [1.807, 2.05) is 0 Å². The van der Waals surface area contributed by atoms with E-state index in [2.05, 4.69) is 6.92 Å². The molecule has 17 heavy (non-hydrogen) atoms. The maximum atomic E-state index is 6.27. The molecular formula is C14H27AsO2. The van der Waals surface area contributed by atoms with Gasteiger partial charge < -0.3 is 0 Å². The van der Waals surface area contributed by atoms with Gasteiger partial charge in [0.2, 0.25) is 0 Å². The third-order valence-corrected chi connectivity index (χ3v) is 7.22. The van der Waals surface area contributed by atoms with E-state index in [4.69, 9.17) is 7.45 Å². The van der Waals surface area contributed by atoms with Gasteiger partial charge in [-0.25, -0.2) is 0 Å². The minimum absolute atomic E-state index is 0.535. The summed E-state index contributed by atoms with van der Waals surface area (Å²) in [6, 6.07) is 0. The van der Waals surface area contributed by atoms with E-state index in [1.54, 1.807) is 0 Å². The van der Waals surface area contributed by atoms with Crippen molar-refractivity contribution in [2.24, 2.45) is 0 Å². The summed E-state index contributed by atoms with van der Waals surface area (Å²) in [6.45, 7) is 2.24. The van der Waals surface area contributed by atoms with E-state index in [-0.39, 0.29) is 0 Å². The monoisotopic (exact) mass is 302 g/mol. The number of hydrogen-bond donors (Lipinski definition) is 0. The Labute approximate surface area is 111 Å². The van der Waals surface area contributed by atoms with Gasteiger partial charge in [-0.15, -0.1) is 0 Å². The van der Waals surface area contributed by atoms with Crippen molar-refractivity contribution in [1.29, 1.82) is 0 Å². The van der Waals surface area contributed by atoms with Crippen molar-refractivity contribution >= 4 is 15.3 Å². The summed E-state index contributed by atoms with van der Waals surface area (Å²) in [5.74, 6) is 0. The van der Waals surface area contributed by atoms with Crippen LogP contribution in [0.1, 0.15) is 71.1 Å². The van der Waals surface area contributed by atoms with E-state index < -0.39 is 15.3 Å². The van der Waals surface area contributed by atoms with Crippen LogP contribution >= 0.6 is 0 Å². The molecule has 0 saturated heterocycles. The summed E-state index contributed by atoms with van der Waals surface area (Å²) in [5.41, 5.74) is 0. The topological polar surface area (TPSA) is 18.5 Å². The molecule has 0 N–H and O–H groups in total. The van der Waals surface area contributed by atoms with Crippen LogP contribution in [-0.4, -0.2) is 27.5 Å². The zero-order valence-electron chi connectivity index (χ0n) is 11.2. The molecule has 0 atom stereocenters. The van der Waals surface area contributed by atoms with Gasteiger partial charge in [0.25, 0.3) is 0 Å². The van der Waals surface area contributed by atoms with Gasteiger partial charge in [-0.1, -0.05) is 0 Å². The first-order chi connectivity index (χ1) is 8.38. The Balaban J connectivity index is 1.71. The average Bonchev–Trinajstić information content (AvgIpc) is 2.40. The van der Waals surface area contributed by atoms with E-state index >= 15 is 0 Å². The predicted molar refractivity (Wildman–Crippen MR) is 72.2 cm³/mol. The van der Waals surface area contributed by atoms with Gasteiger partial charge in [-0.2, -0.15) is 0 Å². The zero-order chi connectivity index (χ0) is 11.9. The Kier molecular flexibility index (Phi) is 6.39. The Hall–Kier alpha value is 0.478.